The van der Waals surface area contributed by atoms with E-state index in [2.05, 4.69) is 5.32 Å². The molecule has 2 atom stereocenters. The molecule has 6 heteroatoms. The van der Waals surface area contributed by atoms with Gasteiger partial charge >= 0.3 is 5.97 Å². The normalized spacial score (nSPS) is 22.6. The number of nitrogens with one attached hydrogen (secondary N) is 1. The topological polar surface area (TPSA) is 49.3 Å². The minimum atomic E-state index is -0.866. The monoisotopic (exact) mass is 291 g/mol. The van der Waals surface area contributed by atoms with E-state index in [0.717, 1.165) is 12.5 Å². The predicted molar refractivity (Wildman–Crippen MR) is 69.3 cm³/mol. The Morgan fingerprint density at radius 1 is 1.37 bits per heavy atom. The Hall–Kier alpha value is -1.20. The first-order valence-corrected chi connectivity index (χ1v) is 5.96. The number of carbonyl (C=O) groups is 1. The number of hydrogen-bond acceptors (Lipinski definition) is 2. The molecule has 0 radical (unpaired) electrons. The molecule has 1 aliphatic heterocycles. The van der Waals surface area contributed by atoms with Gasteiger partial charge in [0.15, 0.2) is 11.6 Å². The van der Waals surface area contributed by atoms with Crippen LogP contribution in [0.3, 0.4) is 0 Å². The van der Waals surface area contributed by atoms with E-state index in [-0.39, 0.29) is 30.8 Å². The molecule has 2 unspecified atom stereocenters. The van der Waals surface area contributed by atoms with Crippen LogP contribution in [0.4, 0.5) is 8.78 Å². The van der Waals surface area contributed by atoms with Gasteiger partial charge in [0.2, 0.25) is 0 Å². The molecule has 1 saturated heterocycles. The van der Waals surface area contributed by atoms with Gasteiger partial charge in [0.05, 0.1) is 0 Å². The summed E-state index contributed by atoms with van der Waals surface area (Å²) in [7, 11) is 0. The molecule has 1 aromatic carbocycles. The van der Waals surface area contributed by atoms with Gasteiger partial charge in [-0.1, -0.05) is 6.07 Å². The van der Waals surface area contributed by atoms with Crippen molar-refractivity contribution in [1.82, 2.24) is 5.32 Å². The molecule has 0 spiro atoms. The van der Waals surface area contributed by atoms with Crippen LogP contribution in [0.15, 0.2) is 18.2 Å². The Kier molecular flexibility index (Phi) is 5.69. The van der Waals surface area contributed by atoms with Crippen LogP contribution >= 0.6 is 12.4 Å². The fourth-order valence-electron chi connectivity index (χ4n) is 2.41. The molecule has 0 saturated carbocycles. The standard InChI is InChI=1S/C13H15F2NO2.ClH/c14-10-2-1-9(7-11(10)15)12-5-8(3-4-16-12)6-13(17)18;/h1-2,7-8,12,16H,3-6H2,(H,17,18);1H. The largest absolute Gasteiger partial charge is 0.481 e. The molecular weight excluding hydrogens is 276 g/mol. The molecule has 106 valence electrons. The zero-order chi connectivity index (χ0) is 13.1. The number of benzene rings is 1. The van der Waals surface area contributed by atoms with Crippen LogP contribution in [0, 0.1) is 17.6 Å². The van der Waals surface area contributed by atoms with Crippen LogP contribution in [-0.2, 0) is 4.79 Å². The fraction of sp³-hybridized carbons (Fsp3) is 0.462. The van der Waals surface area contributed by atoms with E-state index >= 15 is 0 Å². The first-order valence-electron chi connectivity index (χ1n) is 5.96. The molecule has 2 rings (SSSR count). The first kappa shape index (κ1) is 15.9. The van der Waals surface area contributed by atoms with E-state index < -0.39 is 17.6 Å². The second-order valence-corrected chi connectivity index (χ2v) is 4.67. The summed E-state index contributed by atoms with van der Waals surface area (Å²) in [6, 6.07) is 3.72. The molecule has 0 amide bonds. The maximum Gasteiger partial charge on any atom is 0.303 e. The Labute approximate surface area is 116 Å². The van der Waals surface area contributed by atoms with Gasteiger partial charge in [-0.3, -0.25) is 4.79 Å². The van der Waals surface area contributed by atoms with Gasteiger partial charge in [-0.15, -0.1) is 12.4 Å². The van der Waals surface area contributed by atoms with Crippen molar-refractivity contribution in [1.29, 1.82) is 0 Å². The smallest absolute Gasteiger partial charge is 0.303 e. The van der Waals surface area contributed by atoms with Gasteiger partial charge in [-0.25, -0.2) is 8.78 Å². The van der Waals surface area contributed by atoms with Crippen molar-refractivity contribution in [3.05, 3.63) is 35.4 Å². The summed E-state index contributed by atoms with van der Waals surface area (Å²) in [5.74, 6) is -2.46. The highest BCUT2D eigenvalue weighted by Gasteiger charge is 2.24. The lowest BCUT2D eigenvalue weighted by atomic mass is 9.87. The number of halogens is 3. The van der Waals surface area contributed by atoms with Crippen molar-refractivity contribution in [3.63, 3.8) is 0 Å². The SMILES string of the molecule is Cl.O=C(O)CC1CCNC(c2ccc(F)c(F)c2)C1. The second-order valence-electron chi connectivity index (χ2n) is 4.67. The molecule has 19 heavy (non-hydrogen) atoms. The van der Waals surface area contributed by atoms with Gasteiger partial charge in [-0.05, 0) is 43.0 Å². The highest BCUT2D eigenvalue weighted by molar-refractivity contribution is 5.85. The van der Waals surface area contributed by atoms with Crippen LogP contribution in [0.25, 0.3) is 0 Å². The van der Waals surface area contributed by atoms with Gasteiger partial charge < -0.3 is 10.4 Å². The Morgan fingerprint density at radius 2 is 2.11 bits per heavy atom. The minimum Gasteiger partial charge on any atom is -0.481 e. The van der Waals surface area contributed by atoms with Crippen LogP contribution in [0.2, 0.25) is 0 Å². The van der Waals surface area contributed by atoms with E-state index in [1.54, 1.807) is 6.07 Å². The Balaban J connectivity index is 0.00000180. The van der Waals surface area contributed by atoms with Crippen LogP contribution < -0.4 is 5.32 Å². The van der Waals surface area contributed by atoms with Crippen molar-refractivity contribution < 1.29 is 18.7 Å². The third-order valence-corrected chi connectivity index (χ3v) is 3.32. The molecule has 0 aliphatic carbocycles. The number of carboxylic acid groups (broad SMARTS) is 1. The average Bonchev–Trinajstić information content (AvgIpc) is 2.32. The second kappa shape index (κ2) is 6.82. The van der Waals surface area contributed by atoms with E-state index in [1.807, 2.05) is 0 Å². The maximum absolute atomic E-state index is 13.1. The lowest BCUT2D eigenvalue weighted by Crippen LogP contribution is -2.32. The summed E-state index contributed by atoms with van der Waals surface area (Å²) >= 11 is 0. The summed E-state index contributed by atoms with van der Waals surface area (Å²) in [4.78, 5) is 10.7. The van der Waals surface area contributed by atoms with Gasteiger partial charge in [0.25, 0.3) is 0 Å². The number of rotatable bonds is 3. The Morgan fingerprint density at radius 3 is 2.74 bits per heavy atom. The lowest BCUT2D eigenvalue weighted by Gasteiger charge is -2.30. The molecule has 3 nitrogen and oxygen atoms in total. The number of piperidine rings is 1. The highest BCUT2D eigenvalue weighted by atomic mass is 35.5. The van der Waals surface area contributed by atoms with Crippen LogP contribution in [0.5, 0.6) is 0 Å². The molecule has 1 aromatic rings. The van der Waals surface area contributed by atoms with Gasteiger partial charge in [-0.2, -0.15) is 0 Å². The van der Waals surface area contributed by atoms with Gasteiger partial charge in [0, 0.05) is 12.5 Å². The third kappa shape index (κ3) is 4.14. The zero-order valence-corrected chi connectivity index (χ0v) is 11.1. The first-order chi connectivity index (χ1) is 8.56. The summed E-state index contributed by atoms with van der Waals surface area (Å²) in [5, 5.41) is 12.0. The molecule has 1 fully saturated rings. The zero-order valence-electron chi connectivity index (χ0n) is 10.2. The predicted octanol–water partition coefficient (Wildman–Crippen LogP) is 2.90. The average molecular weight is 292 g/mol. The van der Waals surface area contributed by atoms with E-state index in [4.69, 9.17) is 5.11 Å². The van der Waals surface area contributed by atoms with E-state index in [9.17, 15) is 13.6 Å². The molecule has 1 aliphatic rings. The van der Waals surface area contributed by atoms with Crippen molar-refractivity contribution in [2.24, 2.45) is 5.92 Å². The number of hydrogen-bond donors (Lipinski definition) is 2. The van der Waals surface area contributed by atoms with Crippen LogP contribution in [-0.4, -0.2) is 17.6 Å². The van der Waals surface area contributed by atoms with E-state index in [1.165, 1.54) is 6.07 Å². The number of carboxylic acids is 1. The van der Waals surface area contributed by atoms with Crippen molar-refractivity contribution >= 4 is 18.4 Å². The summed E-state index contributed by atoms with van der Waals surface area (Å²) in [6.45, 7) is 0.696. The minimum absolute atomic E-state index is 0. The summed E-state index contributed by atoms with van der Waals surface area (Å²) in [6.07, 6.45) is 1.56. The van der Waals surface area contributed by atoms with Crippen molar-refractivity contribution in [2.45, 2.75) is 25.3 Å². The molecule has 1 heterocycles. The summed E-state index contributed by atoms with van der Waals surface area (Å²) < 4.78 is 26.0. The third-order valence-electron chi connectivity index (χ3n) is 3.32. The van der Waals surface area contributed by atoms with Crippen molar-refractivity contribution in [2.75, 3.05) is 6.54 Å². The molecular formula is C13H16ClF2NO2. The molecule has 0 bridgehead atoms. The fourth-order valence-corrected chi connectivity index (χ4v) is 2.41. The lowest BCUT2D eigenvalue weighted by molar-refractivity contribution is -0.138. The van der Waals surface area contributed by atoms with Crippen molar-refractivity contribution in [3.8, 4) is 0 Å². The molecule has 2 N–H and O–H groups in total. The quantitative estimate of drug-likeness (QED) is 0.900. The van der Waals surface area contributed by atoms with Gasteiger partial charge in [0.1, 0.15) is 0 Å². The van der Waals surface area contributed by atoms with Crippen LogP contribution in [0.1, 0.15) is 30.9 Å². The molecule has 0 aromatic heterocycles. The summed E-state index contributed by atoms with van der Waals surface area (Å²) in [5.41, 5.74) is 0.670. The Bertz CT molecular complexity index is 456. The number of aliphatic carboxylic acids is 1. The van der Waals surface area contributed by atoms with E-state index in [0.29, 0.717) is 18.5 Å². The highest BCUT2D eigenvalue weighted by Crippen LogP contribution is 2.29. The maximum atomic E-state index is 13.1.